The molecule has 0 saturated carbocycles. The van der Waals surface area contributed by atoms with Crippen molar-refractivity contribution in [2.75, 3.05) is 21.7 Å². The van der Waals surface area contributed by atoms with Crippen LogP contribution in [0, 0.1) is 27.7 Å². The zero-order chi connectivity index (χ0) is 24.8. The quantitative estimate of drug-likeness (QED) is 0.252. The van der Waals surface area contributed by atoms with Gasteiger partial charge in [0.15, 0.2) is 5.16 Å². The summed E-state index contributed by atoms with van der Waals surface area (Å²) in [7, 11) is 0. The SMILES string of the molecule is Cc1ccc(Nc2nc(Nc3ccc(C)cc3)nc(SCC(=O)Nc3cc(C)ccc3C)n2)cc1. The average molecular weight is 485 g/mol. The van der Waals surface area contributed by atoms with E-state index >= 15 is 0 Å². The number of rotatable bonds is 8. The molecule has 0 aliphatic rings. The Balaban J connectivity index is 1.52. The third kappa shape index (κ3) is 7.04. The zero-order valence-corrected chi connectivity index (χ0v) is 21.0. The molecule has 0 saturated heterocycles. The molecule has 0 radical (unpaired) electrons. The van der Waals surface area contributed by atoms with Gasteiger partial charge >= 0.3 is 0 Å². The van der Waals surface area contributed by atoms with E-state index in [1.54, 1.807) is 0 Å². The Morgan fingerprint density at radius 2 is 1.23 bits per heavy atom. The van der Waals surface area contributed by atoms with Crippen LogP contribution in [0.2, 0.25) is 0 Å². The van der Waals surface area contributed by atoms with E-state index in [4.69, 9.17) is 0 Å². The number of thioether (sulfide) groups is 1. The monoisotopic (exact) mass is 484 g/mol. The van der Waals surface area contributed by atoms with Crippen LogP contribution in [0.5, 0.6) is 0 Å². The van der Waals surface area contributed by atoms with E-state index < -0.39 is 0 Å². The summed E-state index contributed by atoms with van der Waals surface area (Å²) in [6, 6.07) is 21.9. The van der Waals surface area contributed by atoms with Crippen molar-refractivity contribution < 1.29 is 4.79 Å². The van der Waals surface area contributed by atoms with Crippen LogP contribution < -0.4 is 16.0 Å². The first-order valence-electron chi connectivity index (χ1n) is 11.3. The molecule has 7 nitrogen and oxygen atoms in total. The van der Waals surface area contributed by atoms with E-state index in [1.807, 2.05) is 94.4 Å². The van der Waals surface area contributed by atoms with Crippen LogP contribution in [-0.2, 0) is 4.79 Å². The van der Waals surface area contributed by atoms with Gasteiger partial charge in [-0.05, 0) is 69.2 Å². The highest BCUT2D eigenvalue weighted by molar-refractivity contribution is 7.99. The lowest BCUT2D eigenvalue weighted by Gasteiger charge is -2.11. The molecule has 1 heterocycles. The Morgan fingerprint density at radius 3 is 1.77 bits per heavy atom. The zero-order valence-electron chi connectivity index (χ0n) is 20.2. The highest BCUT2D eigenvalue weighted by Gasteiger charge is 2.12. The van der Waals surface area contributed by atoms with Gasteiger partial charge < -0.3 is 16.0 Å². The van der Waals surface area contributed by atoms with Crippen molar-refractivity contribution in [3.63, 3.8) is 0 Å². The first kappa shape index (κ1) is 24.2. The topological polar surface area (TPSA) is 91.8 Å². The molecule has 0 unspecified atom stereocenters. The molecule has 0 bridgehead atoms. The van der Waals surface area contributed by atoms with E-state index in [9.17, 15) is 4.79 Å². The molecule has 0 atom stereocenters. The number of amides is 1. The van der Waals surface area contributed by atoms with Crippen LogP contribution in [0.25, 0.3) is 0 Å². The molecule has 0 spiro atoms. The molecule has 4 rings (SSSR count). The fourth-order valence-electron chi connectivity index (χ4n) is 3.25. The number of nitrogens with one attached hydrogen (secondary N) is 3. The molecule has 1 amide bonds. The minimum absolute atomic E-state index is 0.120. The van der Waals surface area contributed by atoms with Gasteiger partial charge in [-0.3, -0.25) is 4.79 Å². The molecular formula is C27H28N6OS. The summed E-state index contributed by atoms with van der Waals surface area (Å²) in [5.74, 6) is 0.850. The summed E-state index contributed by atoms with van der Waals surface area (Å²) in [6.45, 7) is 8.04. The predicted octanol–water partition coefficient (Wildman–Crippen LogP) is 6.32. The van der Waals surface area contributed by atoms with Gasteiger partial charge in [-0.15, -0.1) is 0 Å². The van der Waals surface area contributed by atoms with Crippen molar-refractivity contribution >= 4 is 46.6 Å². The predicted molar refractivity (Wildman–Crippen MR) is 144 cm³/mol. The van der Waals surface area contributed by atoms with Gasteiger partial charge in [0, 0.05) is 17.1 Å². The van der Waals surface area contributed by atoms with Crippen LogP contribution >= 0.6 is 11.8 Å². The maximum Gasteiger partial charge on any atom is 0.234 e. The lowest BCUT2D eigenvalue weighted by Crippen LogP contribution is -2.15. The van der Waals surface area contributed by atoms with Gasteiger partial charge in [0.25, 0.3) is 0 Å². The van der Waals surface area contributed by atoms with Crippen LogP contribution in [0.15, 0.2) is 71.9 Å². The largest absolute Gasteiger partial charge is 0.325 e. The minimum atomic E-state index is -0.120. The van der Waals surface area contributed by atoms with Crippen molar-refractivity contribution in [1.29, 1.82) is 0 Å². The summed E-state index contributed by atoms with van der Waals surface area (Å²) in [5.41, 5.74) is 6.99. The molecule has 1 aromatic heterocycles. The Labute approximate surface area is 209 Å². The van der Waals surface area contributed by atoms with Gasteiger partial charge in [0.1, 0.15) is 0 Å². The fraction of sp³-hybridized carbons (Fsp3) is 0.185. The third-order valence-electron chi connectivity index (χ3n) is 5.23. The van der Waals surface area contributed by atoms with Crippen LogP contribution in [0.1, 0.15) is 22.3 Å². The molecular weight excluding hydrogens is 456 g/mol. The molecule has 0 fully saturated rings. The van der Waals surface area contributed by atoms with Crippen molar-refractivity contribution in [1.82, 2.24) is 15.0 Å². The molecule has 0 aliphatic carbocycles. The van der Waals surface area contributed by atoms with E-state index in [0.717, 1.165) is 28.2 Å². The maximum atomic E-state index is 12.6. The molecule has 178 valence electrons. The molecule has 4 aromatic rings. The second kappa shape index (κ2) is 11.0. The first-order chi connectivity index (χ1) is 16.8. The fourth-order valence-corrected chi connectivity index (χ4v) is 3.89. The average Bonchev–Trinajstić information content (AvgIpc) is 2.83. The lowest BCUT2D eigenvalue weighted by molar-refractivity contribution is -0.113. The lowest BCUT2D eigenvalue weighted by atomic mass is 10.1. The Hall–Kier alpha value is -3.91. The van der Waals surface area contributed by atoms with Crippen molar-refractivity contribution in [3.05, 3.63) is 89.0 Å². The number of aromatic nitrogens is 3. The summed E-state index contributed by atoms with van der Waals surface area (Å²) >= 11 is 1.26. The second-order valence-corrected chi connectivity index (χ2v) is 9.34. The van der Waals surface area contributed by atoms with E-state index in [0.29, 0.717) is 17.1 Å². The number of hydrogen-bond acceptors (Lipinski definition) is 7. The highest BCUT2D eigenvalue weighted by Crippen LogP contribution is 2.23. The number of nitrogens with zero attached hydrogens (tertiary/aromatic N) is 3. The smallest absolute Gasteiger partial charge is 0.234 e. The minimum Gasteiger partial charge on any atom is -0.325 e. The van der Waals surface area contributed by atoms with Gasteiger partial charge in [0.2, 0.25) is 17.8 Å². The van der Waals surface area contributed by atoms with Gasteiger partial charge in [-0.2, -0.15) is 15.0 Å². The number of carbonyl (C=O) groups is 1. The Bertz CT molecular complexity index is 1260. The summed E-state index contributed by atoms with van der Waals surface area (Å²) < 4.78 is 0. The van der Waals surface area contributed by atoms with Crippen LogP contribution in [-0.4, -0.2) is 26.6 Å². The van der Waals surface area contributed by atoms with Gasteiger partial charge in [-0.25, -0.2) is 0 Å². The van der Waals surface area contributed by atoms with Gasteiger partial charge in [-0.1, -0.05) is 59.3 Å². The Kier molecular flexibility index (Phi) is 7.62. The molecule has 3 aromatic carbocycles. The maximum absolute atomic E-state index is 12.6. The van der Waals surface area contributed by atoms with Gasteiger partial charge in [0.05, 0.1) is 5.75 Å². The van der Waals surface area contributed by atoms with Crippen LogP contribution in [0.4, 0.5) is 29.0 Å². The number of carbonyl (C=O) groups excluding carboxylic acids is 1. The summed E-state index contributed by atoms with van der Waals surface area (Å²) in [5, 5.41) is 9.89. The van der Waals surface area contributed by atoms with Crippen molar-refractivity contribution in [2.45, 2.75) is 32.9 Å². The van der Waals surface area contributed by atoms with E-state index in [2.05, 4.69) is 30.9 Å². The third-order valence-corrected chi connectivity index (χ3v) is 6.08. The molecule has 3 N–H and O–H groups in total. The van der Waals surface area contributed by atoms with Crippen molar-refractivity contribution in [3.8, 4) is 0 Å². The standard InChI is InChI=1S/C27H28N6OS/c1-17-6-11-21(12-7-17)28-25-31-26(29-22-13-8-18(2)9-14-22)33-27(32-25)35-16-24(34)30-23-15-19(3)5-10-20(23)4/h5-15H,16H2,1-4H3,(H,30,34)(H2,28,29,31,32,33). The number of anilines is 5. The molecule has 35 heavy (non-hydrogen) atoms. The summed E-state index contributed by atoms with van der Waals surface area (Å²) in [4.78, 5) is 26.2. The Morgan fingerprint density at radius 1 is 0.714 bits per heavy atom. The summed E-state index contributed by atoms with van der Waals surface area (Å²) in [6.07, 6.45) is 0. The normalized spacial score (nSPS) is 10.6. The van der Waals surface area contributed by atoms with E-state index in [1.165, 1.54) is 22.9 Å². The van der Waals surface area contributed by atoms with Crippen molar-refractivity contribution in [2.24, 2.45) is 0 Å². The molecule has 0 aliphatic heterocycles. The number of aryl methyl sites for hydroxylation is 4. The first-order valence-corrected chi connectivity index (χ1v) is 12.3. The highest BCUT2D eigenvalue weighted by atomic mass is 32.2. The number of hydrogen-bond donors (Lipinski definition) is 3. The second-order valence-electron chi connectivity index (χ2n) is 8.40. The number of benzene rings is 3. The van der Waals surface area contributed by atoms with E-state index in [-0.39, 0.29) is 11.7 Å². The van der Waals surface area contributed by atoms with Crippen LogP contribution in [0.3, 0.4) is 0 Å². The molecule has 8 heteroatoms.